The molecule has 0 bridgehead atoms. The topological polar surface area (TPSA) is 67.4 Å². The van der Waals surface area contributed by atoms with Crippen LogP contribution < -0.4 is 15.4 Å². The van der Waals surface area contributed by atoms with Gasteiger partial charge in [-0.25, -0.2) is 0 Å². The van der Waals surface area contributed by atoms with Crippen molar-refractivity contribution in [2.75, 3.05) is 10.6 Å². The van der Waals surface area contributed by atoms with Gasteiger partial charge in [0.2, 0.25) is 11.8 Å². The number of halogens is 1. The summed E-state index contributed by atoms with van der Waals surface area (Å²) in [4.78, 5) is 24.3. The van der Waals surface area contributed by atoms with Crippen molar-refractivity contribution < 1.29 is 14.3 Å². The number of amides is 2. The van der Waals surface area contributed by atoms with Gasteiger partial charge >= 0.3 is 0 Å². The Hall–Kier alpha value is -3.31. The number of hydrogen-bond acceptors (Lipinski definition) is 3. The Labute approximate surface area is 161 Å². The number of hydrogen-bond donors (Lipinski definition) is 2. The van der Waals surface area contributed by atoms with Crippen molar-refractivity contribution in [2.45, 2.75) is 6.42 Å². The van der Waals surface area contributed by atoms with Crippen molar-refractivity contribution >= 4 is 34.8 Å². The molecule has 3 aromatic rings. The Morgan fingerprint density at radius 3 is 2.15 bits per heavy atom. The van der Waals surface area contributed by atoms with Crippen molar-refractivity contribution in [3.63, 3.8) is 0 Å². The SMILES string of the molecule is O=C(CC(=O)Nc1ccccc1Oc1ccccc1)Nc1ccc(Cl)cc1. The van der Waals surface area contributed by atoms with Gasteiger partial charge in [-0.05, 0) is 48.5 Å². The highest BCUT2D eigenvalue weighted by Gasteiger charge is 2.13. The Kier molecular flexibility index (Phi) is 6.07. The zero-order valence-corrected chi connectivity index (χ0v) is 15.1. The molecule has 0 aliphatic rings. The highest BCUT2D eigenvalue weighted by Crippen LogP contribution is 2.29. The molecule has 0 aliphatic carbocycles. The average Bonchev–Trinajstić information content (AvgIpc) is 2.66. The Bertz CT molecular complexity index is 928. The first-order valence-corrected chi connectivity index (χ1v) is 8.65. The van der Waals surface area contributed by atoms with Gasteiger partial charge in [0.15, 0.2) is 5.75 Å². The van der Waals surface area contributed by atoms with Crippen LogP contribution in [0.4, 0.5) is 11.4 Å². The van der Waals surface area contributed by atoms with Crippen LogP contribution in [0.25, 0.3) is 0 Å². The summed E-state index contributed by atoms with van der Waals surface area (Å²) >= 11 is 5.81. The summed E-state index contributed by atoms with van der Waals surface area (Å²) in [5, 5.41) is 5.93. The molecule has 0 saturated heterocycles. The van der Waals surface area contributed by atoms with Crippen LogP contribution in [-0.2, 0) is 9.59 Å². The molecule has 3 aromatic carbocycles. The van der Waals surface area contributed by atoms with Gasteiger partial charge in [0.1, 0.15) is 12.2 Å². The van der Waals surface area contributed by atoms with Gasteiger partial charge in [-0.1, -0.05) is 41.9 Å². The van der Waals surface area contributed by atoms with Gasteiger partial charge in [0.05, 0.1) is 5.69 Å². The normalized spacial score (nSPS) is 10.1. The molecule has 0 aliphatic heterocycles. The maximum absolute atomic E-state index is 12.2. The standard InChI is InChI=1S/C21H17ClN2O3/c22-15-10-12-16(13-11-15)23-20(25)14-21(26)24-18-8-4-5-9-19(18)27-17-6-2-1-3-7-17/h1-13H,14H2,(H,23,25)(H,24,26). The molecule has 5 nitrogen and oxygen atoms in total. The van der Waals surface area contributed by atoms with E-state index in [1.807, 2.05) is 30.3 Å². The molecule has 27 heavy (non-hydrogen) atoms. The van der Waals surface area contributed by atoms with Crippen molar-refractivity contribution in [2.24, 2.45) is 0 Å². The summed E-state index contributed by atoms with van der Waals surface area (Å²) in [5.41, 5.74) is 1.07. The van der Waals surface area contributed by atoms with E-state index in [0.717, 1.165) is 0 Å². The number of benzene rings is 3. The Balaban J connectivity index is 1.60. The van der Waals surface area contributed by atoms with E-state index >= 15 is 0 Å². The molecule has 0 unspecified atom stereocenters. The zero-order chi connectivity index (χ0) is 19.1. The molecule has 3 rings (SSSR count). The fourth-order valence-electron chi connectivity index (χ4n) is 2.35. The number of anilines is 2. The maximum Gasteiger partial charge on any atom is 0.233 e. The second-order valence-corrected chi connectivity index (χ2v) is 6.13. The summed E-state index contributed by atoms with van der Waals surface area (Å²) in [5.74, 6) is 0.289. The first kappa shape index (κ1) is 18.5. The van der Waals surface area contributed by atoms with Crippen molar-refractivity contribution in [1.82, 2.24) is 0 Å². The number of carbonyl (C=O) groups is 2. The Morgan fingerprint density at radius 2 is 1.41 bits per heavy atom. The first-order chi connectivity index (χ1) is 13.1. The smallest absolute Gasteiger partial charge is 0.233 e. The lowest BCUT2D eigenvalue weighted by atomic mass is 10.2. The second kappa shape index (κ2) is 8.87. The molecular formula is C21H17ClN2O3. The predicted molar refractivity (Wildman–Crippen MR) is 106 cm³/mol. The molecule has 0 atom stereocenters. The Morgan fingerprint density at radius 1 is 0.778 bits per heavy atom. The quantitative estimate of drug-likeness (QED) is 0.584. The number of rotatable bonds is 6. The minimum absolute atomic E-state index is 0.317. The van der Waals surface area contributed by atoms with E-state index in [4.69, 9.17) is 16.3 Å². The molecular weight excluding hydrogens is 364 g/mol. The molecule has 0 fully saturated rings. The summed E-state index contributed by atoms with van der Waals surface area (Å²) in [6, 6.07) is 22.9. The largest absolute Gasteiger partial charge is 0.455 e. The molecule has 2 N–H and O–H groups in total. The van der Waals surface area contributed by atoms with Crippen molar-refractivity contribution in [3.8, 4) is 11.5 Å². The van der Waals surface area contributed by atoms with E-state index in [1.165, 1.54) is 0 Å². The lowest BCUT2D eigenvalue weighted by Gasteiger charge is -2.12. The number of para-hydroxylation sites is 3. The van der Waals surface area contributed by atoms with Crippen LogP contribution in [0.15, 0.2) is 78.9 Å². The molecule has 136 valence electrons. The minimum Gasteiger partial charge on any atom is -0.455 e. The van der Waals surface area contributed by atoms with Gasteiger partial charge in [-0.15, -0.1) is 0 Å². The highest BCUT2D eigenvalue weighted by molar-refractivity contribution is 6.30. The lowest BCUT2D eigenvalue weighted by Crippen LogP contribution is -2.21. The molecule has 2 amide bonds. The van der Waals surface area contributed by atoms with E-state index in [9.17, 15) is 9.59 Å². The highest BCUT2D eigenvalue weighted by atomic mass is 35.5. The lowest BCUT2D eigenvalue weighted by molar-refractivity contribution is -0.123. The second-order valence-electron chi connectivity index (χ2n) is 5.69. The predicted octanol–water partition coefficient (Wildman–Crippen LogP) is 5.10. The van der Waals surface area contributed by atoms with Crippen LogP contribution in [0.2, 0.25) is 5.02 Å². The summed E-state index contributed by atoms with van der Waals surface area (Å²) < 4.78 is 5.79. The summed E-state index contributed by atoms with van der Waals surface area (Å²) in [6.45, 7) is 0. The fourth-order valence-corrected chi connectivity index (χ4v) is 2.48. The van der Waals surface area contributed by atoms with Crippen LogP contribution in [0.1, 0.15) is 6.42 Å². The molecule has 6 heteroatoms. The van der Waals surface area contributed by atoms with Crippen molar-refractivity contribution in [3.05, 3.63) is 83.9 Å². The van der Waals surface area contributed by atoms with E-state index in [0.29, 0.717) is 27.9 Å². The third-order valence-corrected chi connectivity index (χ3v) is 3.83. The average molecular weight is 381 g/mol. The van der Waals surface area contributed by atoms with Crippen LogP contribution in [0, 0.1) is 0 Å². The van der Waals surface area contributed by atoms with Gasteiger partial charge in [0, 0.05) is 10.7 Å². The van der Waals surface area contributed by atoms with Crippen LogP contribution >= 0.6 is 11.6 Å². The van der Waals surface area contributed by atoms with Crippen molar-refractivity contribution in [1.29, 1.82) is 0 Å². The third kappa shape index (κ3) is 5.59. The first-order valence-electron chi connectivity index (χ1n) is 8.27. The molecule has 0 aromatic heterocycles. The maximum atomic E-state index is 12.2. The molecule has 0 radical (unpaired) electrons. The van der Waals surface area contributed by atoms with E-state index in [-0.39, 0.29) is 6.42 Å². The fraction of sp³-hybridized carbons (Fsp3) is 0.0476. The monoisotopic (exact) mass is 380 g/mol. The number of nitrogens with one attached hydrogen (secondary N) is 2. The molecule has 0 heterocycles. The zero-order valence-electron chi connectivity index (χ0n) is 14.3. The van der Waals surface area contributed by atoms with Gasteiger partial charge < -0.3 is 15.4 Å². The minimum atomic E-state index is -0.439. The van der Waals surface area contributed by atoms with Gasteiger partial charge in [-0.3, -0.25) is 9.59 Å². The molecule has 0 saturated carbocycles. The van der Waals surface area contributed by atoms with Crippen LogP contribution in [-0.4, -0.2) is 11.8 Å². The summed E-state index contributed by atoms with van der Waals surface area (Å²) in [7, 11) is 0. The summed E-state index contributed by atoms with van der Waals surface area (Å²) in [6.07, 6.45) is -0.317. The van der Waals surface area contributed by atoms with E-state index in [2.05, 4.69) is 10.6 Å². The van der Waals surface area contributed by atoms with Gasteiger partial charge in [-0.2, -0.15) is 0 Å². The van der Waals surface area contributed by atoms with Crippen LogP contribution in [0.3, 0.4) is 0 Å². The number of carbonyl (C=O) groups excluding carboxylic acids is 2. The molecule has 0 spiro atoms. The number of ether oxygens (including phenoxy) is 1. The van der Waals surface area contributed by atoms with Crippen LogP contribution in [0.5, 0.6) is 11.5 Å². The van der Waals surface area contributed by atoms with E-state index in [1.54, 1.807) is 48.5 Å². The van der Waals surface area contributed by atoms with E-state index < -0.39 is 11.8 Å². The third-order valence-electron chi connectivity index (χ3n) is 3.58. The van der Waals surface area contributed by atoms with Gasteiger partial charge in [0.25, 0.3) is 0 Å².